The lowest BCUT2D eigenvalue weighted by molar-refractivity contribution is 0.102. The molecular formula is C15H14N4O. The molecule has 0 aliphatic carbocycles. The van der Waals surface area contributed by atoms with Crippen molar-refractivity contribution in [3.05, 3.63) is 53.5 Å². The smallest absolute Gasteiger partial charge is 0.276 e. The van der Waals surface area contributed by atoms with Gasteiger partial charge in [-0.15, -0.1) is 0 Å². The number of carbonyl (C=O) groups is 1. The molecule has 3 rings (SSSR count). The zero-order valence-electron chi connectivity index (χ0n) is 11.3. The van der Waals surface area contributed by atoms with Crippen molar-refractivity contribution in [3.63, 3.8) is 0 Å². The Balaban J connectivity index is 1.99. The minimum atomic E-state index is -0.253. The largest absolute Gasteiger partial charge is 0.303 e. The van der Waals surface area contributed by atoms with Gasteiger partial charge in [-0.2, -0.15) is 5.10 Å². The molecule has 1 amide bonds. The van der Waals surface area contributed by atoms with E-state index in [2.05, 4.69) is 20.5 Å². The normalized spacial score (nSPS) is 10.7. The Morgan fingerprint density at radius 2 is 2.00 bits per heavy atom. The maximum absolute atomic E-state index is 12.4. The maximum atomic E-state index is 12.4. The van der Waals surface area contributed by atoms with E-state index in [0.29, 0.717) is 11.5 Å². The third-order valence-electron chi connectivity index (χ3n) is 3.37. The highest BCUT2D eigenvalue weighted by Gasteiger charge is 2.14. The number of anilines is 1. The molecule has 2 N–H and O–H groups in total. The van der Waals surface area contributed by atoms with Gasteiger partial charge < -0.3 is 5.32 Å². The predicted molar refractivity (Wildman–Crippen MR) is 77.8 cm³/mol. The van der Waals surface area contributed by atoms with Gasteiger partial charge in [0.1, 0.15) is 5.69 Å². The number of aromatic nitrogens is 3. The van der Waals surface area contributed by atoms with E-state index in [-0.39, 0.29) is 5.91 Å². The number of rotatable bonds is 2. The molecule has 0 aliphatic heterocycles. The molecule has 2 aromatic heterocycles. The first-order chi connectivity index (χ1) is 9.66. The van der Waals surface area contributed by atoms with Crippen LogP contribution in [0.15, 0.2) is 36.5 Å². The van der Waals surface area contributed by atoms with Crippen molar-refractivity contribution in [1.82, 2.24) is 15.2 Å². The Bertz CT molecular complexity index is 786. The van der Waals surface area contributed by atoms with Crippen molar-refractivity contribution in [2.24, 2.45) is 0 Å². The Kier molecular flexibility index (Phi) is 2.95. The van der Waals surface area contributed by atoms with Crippen molar-refractivity contribution in [3.8, 4) is 0 Å². The number of carbonyl (C=O) groups excluding carboxylic acids is 1. The first-order valence-electron chi connectivity index (χ1n) is 6.33. The number of hydrogen-bond donors (Lipinski definition) is 2. The maximum Gasteiger partial charge on any atom is 0.276 e. The average Bonchev–Trinajstić information content (AvgIpc) is 2.78. The molecule has 0 saturated heterocycles. The van der Waals surface area contributed by atoms with Gasteiger partial charge in [-0.25, -0.2) is 0 Å². The van der Waals surface area contributed by atoms with Gasteiger partial charge in [-0.3, -0.25) is 14.9 Å². The molecule has 0 bridgehead atoms. The lowest BCUT2D eigenvalue weighted by atomic mass is 10.1. The standard InChI is InChI=1S/C15H14N4O/c1-9-10(2)18-19-14(9)17-15(20)13-12-6-4-3-5-11(12)7-8-16-13/h3-8H,1-2H3,(H2,17,18,19,20). The number of benzene rings is 1. The van der Waals surface area contributed by atoms with Crippen molar-refractivity contribution in [1.29, 1.82) is 0 Å². The van der Waals surface area contributed by atoms with Crippen LogP contribution in [-0.2, 0) is 0 Å². The first-order valence-corrected chi connectivity index (χ1v) is 6.33. The van der Waals surface area contributed by atoms with Crippen molar-refractivity contribution in [2.45, 2.75) is 13.8 Å². The van der Waals surface area contributed by atoms with Crippen LogP contribution >= 0.6 is 0 Å². The number of nitrogens with one attached hydrogen (secondary N) is 2. The van der Waals surface area contributed by atoms with Gasteiger partial charge in [0.05, 0.1) is 0 Å². The molecule has 1 aromatic carbocycles. The number of nitrogens with zero attached hydrogens (tertiary/aromatic N) is 2. The molecule has 0 unspecified atom stereocenters. The highest BCUT2D eigenvalue weighted by Crippen LogP contribution is 2.19. The summed E-state index contributed by atoms with van der Waals surface area (Å²) in [5.41, 5.74) is 2.27. The first kappa shape index (κ1) is 12.3. The molecule has 0 atom stereocenters. The molecule has 0 radical (unpaired) electrons. The number of amides is 1. The lowest BCUT2D eigenvalue weighted by Crippen LogP contribution is -2.15. The SMILES string of the molecule is Cc1[nH]nc(NC(=O)c2nccc3ccccc23)c1C. The number of fused-ring (bicyclic) bond motifs is 1. The molecule has 5 heteroatoms. The highest BCUT2D eigenvalue weighted by molar-refractivity contribution is 6.11. The van der Waals surface area contributed by atoms with Gasteiger partial charge in [-0.05, 0) is 25.3 Å². The summed E-state index contributed by atoms with van der Waals surface area (Å²) in [5.74, 6) is 0.290. The van der Waals surface area contributed by atoms with E-state index in [9.17, 15) is 4.79 Å². The van der Waals surface area contributed by atoms with E-state index < -0.39 is 0 Å². The van der Waals surface area contributed by atoms with Gasteiger partial charge in [0.2, 0.25) is 0 Å². The van der Waals surface area contributed by atoms with Crippen LogP contribution in [0.2, 0.25) is 0 Å². The van der Waals surface area contributed by atoms with Crippen molar-refractivity contribution in [2.75, 3.05) is 5.32 Å². The van der Waals surface area contributed by atoms with Crippen LogP contribution < -0.4 is 5.32 Å². The van der Waals surface area contributed by atoms with E-state index in [1.54, 1.807) is 6.20 Å². The summed E-state index contributed by atoms with van der Waals surface area (Å²) in [6.07, 6.45) is 1.64. The minimum Gasteiger partial charge on any atom is -0.303 e. The molecule has 2 heterocycles. The van der Waals surface area contributed by atoms with Gasteiger partial charge in [-0.1, -0.05) is 24.3 Å². The fourth-order valence-corrected chi connectivity index (χ4v) is 2.07. The van der Waals surface area contributed by atoms with Gasteiger partial charge in [0.25, 0.3) is 5.91 Å². The molecule has 0 spiro atoms. The monoisotopic (exact) mass is 266 g/mol. The number of H-pyrrole nitrogens is 1. The third kappa shape index (κ3) is 2.03. The second-order valence-corrected chi connectivity index (χ2v) is 4.66. The Labute approximate surface area is 116 Å². The fraction of sp³-hybridized carbons (Fsp3) is 0.133. The summed E-state index contributed by atoms with van der Waals surface area (Å²) in [5, 5.41) is 11.5. The van der Waals surface area contributed by atoms with Crippen LogP contribution in [0.1, 0.15) is 21.7 Å². The molecule has 100 valence electrons. The number of aromatic amines is 1. The van der Waals surface area contributed by atoms with Crippen LogP contribution in [0.25, 0.3) is 10.8 Å². The van der Waals surface area contributed by atoms with Crippen LogP contribution in [0.5, 0.6) is 0 Å². The number of aryl methyl sites for hydroxylation is 1. The Morgan fingerprint density at radius 1 is 1.20 bits per heavy atom. The lowest BCUT2D eigenvalue weighted by Gasteiger charge is -2.05. The highest BCUT2D eigenvalue weighted by atomic mass is 16.2. The van der Waals surface area contributed by atoms with E-state index >= 15 is 0 Å². The van der Waals surface area contributed by atoms with E-state index in [0.717, 1.165) is 22.0 Å². The van der Waals surface area contributed by atoms with E-state index in [1.807, 2.05) is 44.2 Å². The van der Waals surface area contributed by atoms with E-state index in [1.165, 1.54) is 0 Å². The summed E-state index contributed by atoms with van der Waals surface area (Å²) < 4.78 is 0. The Morgan fingerprint density at radius 3 is 2.75 bits per heavy atom. The van der Waals surface area contributed by atoms with E-state index in [4.69, 9.17) is 0 Å². The summed E-state index contributed by atoms with van der Waals surface area (Å²) in [7, 11) is 0. The third-order valence-corrected chi connectivity index (χ3v) is 3.37. The number of hydrogen-bond acceptors (Lipinski definition) is 3. The molecule has 0 aliphatic rings. The predicted octanol–water partition coefficient (Wildman–Crippen LogP) is 2.83. The summed E-state index contributed by atoms with van der Waals surface area (Å²) in [4.78, 5) is 16.6. The number of pyridine rings is 1. The molecule has 3 aromatic rings. The average molecular weight is 266 g/mol. The van der Waals surface area contributed by atoms with Gasteiger partial charge in [0, 0.05) is 22.8 Å². The molecular weight excluding hydrogens is 252 g/mol. The summed E-state index contributed by atoms with van der Waals surface area (Å²) in [6, 6.07) is 9.56. The topological polar surface area (TPSA) is 70.7 Å². The minimum absolute atomic E-state index is 0.253. The van der Waals surface area contributed by atoms with Crippen molar-refractivity contribution < 1.29 is 4.79 Å². The zero-order chi connectivity index (χ0) is 14.1. The Hall–Kier alpha value is -2.69. The van der Waals surface area contributed by atoms with Crippen LogP contribution in [-0.4, -0.2) is 21.1 Å². The van der Waals surface area contributed by atoms with Crippen LogP contribution in [0.4, 0.5) is 5.82 Å². The fourth-order valence-electron chi connectivity index (χ4n) is 2.07. The zero-order valence-corrected chi connectivity index (χ0v) is 11.3. The molecule has 5 nitrogen and oxygen atoms in total. The van der Waals surface area contributed by atoms with Gasteiger partial charge >= 0.3 is 0 Å². The second-order valence-electron chi connectivity index (χ2n) is 4.66. The summed E-state index contributed by atoms with van der Waals surface area (Å²) in [6.45, 7) is 3.82. The quantitative estimate of drug-likeness (QED) is 0.749. The van der Waals surface area contributed by atoms with Gasteiger partial charge in [0.15, 0.2) is 5.82 Å². The van der Waals surface area contributed by atoms with Crippen LogP contribution in [0, 0.1) is 13.8 Å². The van der Waals surface area contributed by atoms with Crippen molar-refractivity contribution >= 4 is 22.5 Å². The molecule has 20 heavy (non-hydrogen) atoms. The molecule has 0 saturated carbocycles. The molecule has 0 fully saturated rings. The summed E-state index contributed by atoms with van der Waals surface area (Å²) >= 11 is 0. The van der Waals surface area contributed by atoms with Crippen LogP contribution in [0.3, 0.4) is 0 Å². The second kappa shape index (κ2) is 4.77.